The molecular weight excluding hydrogens is 357 g/mol. The Morgan fingerprint density at radius 1 is 1.04 bits per heavy atom. The summed E-state index contributed by atoms with van der Waals surface area (Å²) in [5, 5.41) is 0.218. The van der Waals surface area contributed by atoms with Crippen molar-refractivity contribution in [2.24, 2.45) is 0 Å². The molecule has 0 unspecified atom stereocenters. The van der Waals surface area contributed by atoms with Crippen molar-refractivity contribution in [2.75, 3.05) is 17.9 Å². The molecule has 5 nitrogen and oxygen atoms in total. The van der Waals surface area contributed by atoms with Crippen LogP contribution in [0.5, 0.6) is 11.5 Å². The van der Waals surface area contributed by atoms with Gasteiger partial charge in [-0.3, -0.25) is 4.72 Å². The zero-order valence-electron chi connectivity index (χ0n) is 13.2. The first-order valence-corrected chi connectivity index (χ1v) is 9.11. The molecule has 0 aliphatic heterocycles. The third-order valence-corrected chi connectivity index (χ3v) is 4.60. The molecule has 0 amide bonds. The van der Waals surface area contributed by atoms with Gasteiger partial charge in [0.05, 0.1) is 23.8 Å². The molecule has 0 fully saturated rings. The van der Waals surface area contributed by atoms with Crippen LogP contribution in [0.15, 0.2) is 41.3 Å². The average molecular weight is 374 g/mol. The van der Waals surface area contributed by atoms with Gasteiger partial charge in [-0.25, -0.2) is 12.8 Å². The highest BCUT2D eigenvalue weighted by Crippen LogP contribution is 2.31. The number of ether oxygens (including phenoxy) is 2. The van der Waals surface area contributed by atoms with Crippen LogP contribution in [0, 0.1) is 5.82 Å². The zero-order valence-corrected chi connectivity index (χ0v) is 14.7. The second kappa shape index (κ2) is 7.72. The number of rotatable bonds is 7. The van der Waals surface area contributed by atoms with Crippen LogP contribution in [0.3, 0.4) is 0 Å². The first-order chi connectivity index (χ1) is 11.4. The average Bonchev–Trinajstić information content (AvgIpc) is 2.53. The Labute approximate surface area is 145 Å². The Balaban J connectivity index is 2.38. The van der Waals surface area contributed by atoms with Crippen molar-refractivity contribution < 1.29 is 22.3 Å². The van der Waals surface area contributed by atoms with Crippen molar-refractivity contribution >= 4 is 27.3 Å². The number of anilines is 1. The van der Waals surface area contributed by atoms with Gasteiger partial charge in [0.2, 0.25) is 0 Å². The summed E-state index contributed by atoms with van der Waals surface area (Å²) in [5.74, 6) is 0.0139. The van der Waals surface area contributed by atoms with Gasteiger partial charge >= 0.3 is 0 Å². The van der Waals surface area contributed by atoms with Crippen molar-refractivity contribution in [2.45, 2.75) is 18.7 Å². The number of benzene rings is 2. The fourth-order valence-electron chi connectivity index (χ4n) is 1.98. The van der Waals surface area contributed by atoms with Crippen LogP contribution in [0.1, 0.15) is 13.8 Å². The van der Waals surface area contributed by atoms with Gasteiger partial charge in [0.1, 0.15) is 5.82 Å². The van der Waals surface area contributed by atoms with E-state index in [9.17, 15) is 12.8 Å². The topological polar surface area (TPSA) is 64.6 Å². The van der Waals surface area contributed by atoms with E-state index in [0.717, 1.165) is 6.07 Å². The molecule has 0 aliphatic carbocycles. The second-order valence-corrected chi connectivity index (χ2v) is 6.82. The van der Waals surface area contributed by atoms with E-state index in [-0.39, 0.29) is 15.6 Å². The molecule has 0 radical (unpaired) electrons. The molecule has 0 aromatic heterocycles. The number of nitrogens with one attached hydrogen (secondary N) is 1. The molecule has 2 rings (SSSR count). The Morgan fingerprint density at radius 3 is 2.38 bits per heavy atom. The highest BCUT2D eigenvalue weighted by molar-refractivity contribution is 7.92. The SMILES string of the molecule is CCOc1ccc(S(=O)(=O)Nc2cc(Cl)ccc2F)cc1OCC. The summed E-state index contributed by atoms with van der Waals surface area (Å²) < 4.78 is 51.7. The molecule has 130 valence electrons. The molecule has 0 bridgehead atoms. The Bertz CT molecular complexity index is 827. The van der Waals surface area contributed by atoms with E-state index in [1.807, 2.05) is 6.92 Å². The normalized spacial score (nSPS) is 11.2. The van der Waals surface area contributed by atoms with Crippen molar-refractivity contribution in [1.82, 2.24) is 0 Å². The van der Waals surface area contributed by atoms with Crippen molar-refractivity contribution in [3.63, 3.8) is 0 Å². The maximum Gasteiger partial charge on any atom is 0.262 e. The molecule has 8 heteroatoms. The fourth-order valence-corrected chi connectivity index (χ4v) is 3.22. The van der Waals surface area contributed by atoms with Crippen LogP contribution in [0.25, 0.3) is 0 Å². The highest BCUT2D eigenvalue weighted by atomic mass is 35.5. The van der Waals surface area contributed by atoms with Gasteiger partial charge in [-0.2, -0.15) is 0 Å². The minimum atomic E-state index is -4.01. The first kappa shape index (κ1) is 18.4. The fraction of sp³-hybridized carbons (Fsp3) is 0.250. The highest BCUT2D eigenvalue weighted by Gasteiger charge is 2.19. The maximum absolute atomic E-state index is 13.7. The summed E-state index contributed by atoms with van der Waals surface area (Å²) in [6, 6.07) is 7.81. The Morgan fingerprint density at radius 2 is 1.71 bits per heavy atom. The summed E-state index contributed by atoms with van der Waals surface area (Å²) in [7, 11) is -4.01. The van der Waals surface area contributed by atoms with E-state index in [4.69, 9.17) is 21.1 Å². The smallest absolute Gasteiger partial charge is 0.262 e. The molecular formula is C16H17ClFNO4S. The van der Waals surface area contributed by atoms with Crippen LogP contribution in [0.2, 0.25) is 5.02 Å². The Kier molecular flexibility index (Phi) is 5.90. The van der Waals surface area contributed by atoms with Crippen LogP contribution in [-0.4, -0.2) is 21.6 Å². The molecule has 2 aromatic rings. The van der Waals surface area contributed by atoms with Crippen LogP contribution in [0.4, 0.5) is 10.1 Å². The van der Waals surface area contributed by atoms with Crippen molar-refractivity contribution in [3.8, 4) is 11.5 Å². The van der Waals surface area contributed by atoms with E-state index in [2.05, 4.69) is 4.72 Å². The molecule has 1 N–H and O–H groups in total. The first-order valence-electron chi connectivity index (χ1n) is 7.25. The molecule has 2 aromatic carbocycles. The lowest BCUT2D eigenvalue weighted by atomic mass is 10.3. The third kappa shape index (κ3) is 4.30. The van der Waals surface area contributed by atoms with Gasteiger partial charge in [-0.15, -0.1) is 0 Å². The predicted molar refractivity (Wildman–Crippen MR) is 91.0 cm³/mol. The molecule has 0 atom stereocenters. The van der Waals surface area contributed by atoms with E-state index >= 15 is 0 Å². The van der Waals surface area contributed by atoms with Gasteiger partial charge in [0.15, 0.2) is 11.5 Å². The minimum Gasteiger partial charge on any atom is -0.490 e. The zero-order chi connectivity index (χ0) is 17.7. The standard InChI is InChI=1S/C16H17ClFNO4S/c1-3-22-15-8-6-12(10-16(15)23-4-2)24(20,21)19-14-9-11(17)5-7-13(14)18/h5-10,19H,3-4H2,1-2H3. The number of hydrogen-bond acceptors (Lipinski definition) is 4. The third-order valence-electron chi connectivity index (χ3n) is 3.00. The number of sulfonamides is 1. The summed E-state index contributed by atoms with van der Waals surface area (Å²) in [6.45, 7) is 4.35. The second-order valence-electron chi connectivity index (χ2n) is 4.70. The molecule has 0 saturated carbocycles. The van der Waals surface area contributed by atoms with Crippen LogP contribution >= 0.6 is 11.6 Å². The van der Waals surface area contributed by atoms with E-state index in [1.165, 1.54) is 30.3 Å². The van der Waals surface area contributed by atoms with E-state index in [0.29, 0.717) is 24.7 Å². The van der Waals surface area contributed by atoms with Crippen molar-refractivity contribution in [1.29, 1.82) is 0 Å². The Hall–Kier alpha value is -1.99. The van der Waals surface area contributed by atoms with Crippen LogP contribution < -0.4 is 14.2 Å². The summed E-state index contributed by atoms with van der Waals surface area (Å²) in [6.07, 6.45) is 0. The number of halogens is 2. The molecule has 0 heterocycles. The molecule has 0 saturated heterocycles. The summed E-state index contributed by atoms with van der Waals surface area (Å²) >= 11 is 5.78. The maximum atomic E-state index is 13.7. The van der Waals surface area contributed by atoms with Gasteiger partial charge in [-0.1, -0.05) is 11.6 Å². The molecule has 0 spiro atoms. The van der Waals surface area contributed by atoms with Gasteiger partial charge in [-0.05, 0) is 44.2 Å². The lowest BCUT2D eigenvalue weighted by Gasteiger charge is -2.14. The largest absolute Gasteiger partial charge is 0.490 e. The van der Waals surface area contributed by atoms with E-state index < -0.39 is 15.8 Å². The summed E-state index contributed by atoms with van der Waals surface area (Å²) in [5.41, 5.74) is -0.227. The molecule has 0 aliphatic rings. The number of hydrogen-bond donors (Lipinski definition) is 1. The minimum absolute atomic E-state index is 0.0752. The van der Waals surface area contributed by atoms with Crippen LogP contribution in [-0.2, 0) is 10.0 Å². The van der Waals surface area contributed by atoms with E-state index in [1.54, 1.807) is 6.92 Å². The van der Waals surface area contributed by atoms with Gasteiger partial charge in [0, 0.05) is 11.1 Å². The quantitative estimate of drug-likeness (QED) is 0.794. The molecule has 24 heavy (non-hydrogen) atoms. The lowest BCUT2D eigenvalue weighted by Crippen LogP contribution is -2.14. The van der Waals surface area contributed by atoms with Crippen molar-refractivity contribution in [3.05, 3.63) is 47.2 Å². The predicted octanol–water partition coefficient (Wildman–Crippen LogP) is 4.08. The van der Waals surface area contributed by atoms with Gasteiger partial charge < -0.3 is 9.47 Å². The lowest BCUT2D eigenvalue weighted by molar-refractivity contribution is 0.287. The van der Waals surface area contributed by atoms with Gasteiger partial charge in [0.25, 0.3) is 10.0 Å². The monoisotopic (exact) mass is 373 g/mol. The summed E-state index contributed by atoms with van der Waals surface area (Å²) in [4.78, 5) is -0.0752.